The van der Waals surface area contributed by atoms with Gasteiger partial charge >= 0.3 is 5.97 Å². The molecule has 1 N–H and O–H groups in total. The summed E-state index contributed by atoms with van der Waals surface area (Å²) in [6, 6.07) is 7.37. The smallest absolute Gasteiger partial charge is 0.341 e. The van der Waals surface area contributed by atoms with Crippen LogP contribution in [-0.4, -0.2) is 23.4 Å². The standard InChI is InChI=1S/C15H9BrClFN2O5/c16-8-1-4-12(18)10(5-8)15(22)25-7-14(21)19-9-2-3-11(17)13(6-9)20(23)24/h1-6H,7H2,(H,19,21). The van der Waals surface area contributed by atoms with Gasteiger partial charge in [0.2, 0.25) is 0 Å². The fourth-order valence-electron chi connectivity index (χ4n) is 1.79. The maximum Gasteiger partial charge on any atom is 0.341 e. The number of ether oxygens (including phenoxy) is 1. The first-order valence-corrected chi connectivity index (χ1v) is 7.81. The molecule has 0 saturated carbocycles. The highest BCUT2D eigenvalue weighted by molar-refractivity contribution is 9.10. The van der Waals surface area contributed by atoms with Crippen molar-refractivity contribution >= 4 is 50.8 Å². The number of nitro benzene ring substituents is 1. The Morgan fingerprint density at radius 1 is 1.28 bits per heavy atom. The summed E-state index contributed by atoms with van der Waals surface area (Å²) < 4.78 is 18.7. The van der Waals surface area contributed by atoms with Crippen LogP contribution in [0.25, 0.3) is 0 Å². The second-order valence-electron chi connectivity index (χ2n) is 4.67. The van der Waals surface area contributed by atoms with Gasteiger partial charge in [-0.3, -0.25) is 14.9 Å². The first-order valence-electron chi connectivity index (χ1n) is 6.64. The predicted molar refractivity (Wildman–Crippen MR) is 91.1 cm³/mol. The SMILES string of the molecule is O=C(COC(=O)c1cc(Br)ccc1F)Nc1ccc(Cl)c([N+](=O)[O-])c1. The quantitative estimate of drug-likeness (QED) is 0.439. The first kappa shape index (κ1) is 18.8. The summed E-state index contributed by atoms with van der Waals surface area (Å²) in [6.07, 6.45) is 0. The van der Waals surface area contributed by atoms with Crippen molar-refractivity contribution in [2.24, 2.45) is 0 Å². The van der Waals surface area contributed by atoms with Crippen LogP contribution in [-0.2, 0) is 9.53 Å². The molecule has 130 valence electrons. The minimum Gasteiger partial charge on any atom is -0.452 e. The minimum atomic E-state index is -1.02. The van der Waals surface area contributed by atoms with E-state index in [4.69, 9.17) is 16.3 Å². The molecule has 0 unspecified atom stereocenters. The highest BCUT2D eigenvalue weighted by Gasteiger charge is 2.17. The molecule has 0 radical (unpaired) electrons. The Labute approximate surface area is 154 Å². The topological polar surface area (TPSA) is 98.5 Å². The molecule has 7 nitrogen and oxygen atoms in total. The molecule has 2 aromatic carbocycles. The molecule has 2 rings (SSSR count). The zero-order chi connectivity index (χ0) is 18.6. The van der Waals surface area contributed by atoms with Gasteiger partial charge in [0.15, 0.2) is 6.61 Å². The first-order chi connectivity index (χ1) is 11.8. The van der Waals surface area contributed by atoms with Gasteiger partial charge in [0.05, 0.1) is 10.5 Å². The van der Waals surface area contributed by atoms with Crippen LogP contribution in [0, 0.1) is 15.9 Å². The van der Waals surface area contributed by atoms with Crippen molar-refractivity contribution in [3.05, 3.63) is 67.4 Å². The zero-order valence-corrected chi connectivity index (χ0v) is 14.6. The molecule has 0 saturated heterocycles. The van der Waals surface area contributed by atoms with Crippen molar-refractivity contribution < 1.29 is 23.6 Å². The lowest BCUT2D eigenvalue weighted by atomic mass is 10.2. The van der Waals surface area contributed by atoms with Gasteiger partial charge in [-0.05, 0) is 30.3 Å². The molecule has 0 aromatic heterocycles. The molecule has 0 heterocycles. The molecule has 25 heavy (non-hydrogen) atoms. The lowest BCUT2D eigenvalue weighted by Gasteiger charge is -2.08. The van der Waals surface area contributed by atoms with Crippen molar-refractivity contribution in [1.82, 2.24) is 0 Å². The van der Waals surface area contributed by atoms with E-state index in [0.29, 0.717) is 4.47 Å². The molecule has 0 bridgehead atoms. The summed E-state index contributed by atoms with van der Waals surface area (Å²) in [5, 5.41) is 13.0. The summed E-state index contributed by atoms with van der Waals surface area (Å²) in [5.41, 5.74) is -0.609. The molecule has 1 amide bonds. The van der Waals surface area contributed by atoms with E-state index in [9.17, 15) is 24.1 Å². The van der Waals surface area contributed by atoms with E-state index in [2.05, 4.69) is 21.2 Å². The van der Waals surface area contributed by atoms with Crippen molar-refractivity contribution in [1.29, 1.82) is 0 Å². The van der Waals surface area contributed by atoms with Gasteiger partial charge in [0, 0.05) is 16.2 Å². The molecule has 0 aliphatic rings. The Kier molecular flexibility index (Phi) is 6.05. The number of carbonyl (C=O) groups is 2. The van der Waals surface area contributed by atoms with Gasteiger partial charge in [-0.25, -0.2) is 9.18 Å². The Morgan fingerprint density at radius 3 is 2.68 bits per heavy atom. The van der Waals surface area contributed by atoms with E-state index in [-0.39, 0.29) is 22.0 Å². The predicted octanol–water partition coefficient (Wildman–Crippen LogP) is 3.95. The highest BCUT2D eigenvalue weighted by Crippen LogP contribution is 2.27. The number of esters is 1. The fourth-order valence-corrected chi connectivity index (χ4v) is 2.34. The normalized spacial score (nSPS) is 10.2. The Balaban J connectivity index is 1.99. The molecule has 10 heteroatoms. The van der Waals surface area contributed by atoms with Crippen LogP contribution in [0.2, 0.25) is 5.02 Å². The number of benzene rings is 2. The van der Waals surface area contributed by atoms with Crippen molar-refractivity contribution in [2.45, 2.75) is 0 Å². The number of amides is 1. The van der Waals surface area contributed by atoms with E-state index >= 15 is 0 Å². The maximum atomic E-state index is 13.6. The maximum absolute atomic E-state index is 13.6. The lowest BCUT2D eigenvalue weighted by Crippen LogP contribution is -2.21. The minimum absolute atomic E-state index is 0.0837. The van der Waals surface area contributed by atoms with Gasteiger partial charge in [0.1, 0.15) is 10.8 Å². The third-order valence-corrected chi connectivity index (χ3v) is 3.72. The summed E-state index contributed by atoms with van der Waals surface area (Å²) in [7, 11) is 0. The number of hydrogen-bond donors (Lipinski definition) is 1. The van der Waals surface area contributed by atoms with E-state index in [1.165, 1.54) is 24.3 Å². The molecule has 0 aliphatic carbocycles. The van der Waals surface area contributed by atoms with Crippen LogP contribution >= 0.6 is 27.5 Å². The summed E-state index contributed by atoms with van der Waals surface area (Å²) in [6.45, 7) is -0.693. The van der Waals surface area contributed by atoms with Crippen LogP contribution in [0.1, 0.15) is 10.4 Å². The van der Waals surface area contributed by atoms with Crippen molar-refractivity contribution in [3.63, 3.8) is 0 Å². The number of hydrogen-bond acceptors (Lipinski definition) is 5. The number of anilines is 1. The molecular formula is C15H9BrClFN2O5. The Bertz CT molecular complexity index is 862. The third-order valence-electron chi connectivity index (χ3n) is 2.91. The van der Waals surface area contributed by atoms with Gasteiger partial charge in [-0.15, -0.1) is 0 Å². The van der Waals surface area contributed by atoms with Gasteiger partial charge in [-0.1, -0.05) is 27.5 Å². The average molecular weight is 432 g/mol. The monoisotopic (exact) mass is 430 g/mol. The molecule has 0 fully saturated rings. The molecular weight excluding hydrogens is 423 g/mol. The van der Waals surface area contributed by atoms with Crippen molar-refractivity contribution in [2.75, 3.05) is 11.9 Å². The number of rotatable bonds is 5. The van der Waals surface area contributed by atoms with E-state index in [1.54, 1.807) is 0 Å². The Morgan fingerprint density at radius 2 is 2.00 bits per heavy atom. The Hall–Kier alpha value is -2.52. The second kappa shape index (κ2) is 8.04. The van der Waals surface area contributed by atoms with E-state index in [0.717, 1.165) is 12.1 Å². The van der Waals surface area contributed by atoms with Crippen LogP contribution in [0.15, 0.2) is 40.9 Å². The van der Waals surface area contributed by atoms with Gasteiger partial charge in [-0.2, -0.15) is 0 Å². The number of nitrogens with zero attached hydrogens (tertiary/aromatic N) is 1. The number of nitrogens with one attached hydrogen (secondary N) is 1. The summed E-state index contributed by atoms with van der Waals surface area (Å²) in [4.78, 5) is 33.7. The van der Waals surface area contributed by atoms with Gasteiger partial charge < -0.3 is 10.1 Å². The second-order valence-corrected chi connectivity index (χ2v) is 5.99. The van der Waals surface area contributed by atoms with Crippen LogP contribution in [0.5, 0.6) is 0 Å². The number of nitro groups is 1. The fraction of sp³-hybridized carbons (Fsp3) is 0.0667. The van der Waals surface area contributed by atoms with E-state index < -0.39 is 29.2 Å². The number of halogens is 3. The van der Waals surface area contributed by atoms with Crippen LogP contribution in [0.4, 0.5) is 15.8 Å². The molecule has 0 aliphatic heterocycles. The van der Waals surface area contributed by atoms with Crippen molar-refractivity contribution in [3.8, 4) is 0 Å². The number of carbonyl (C=O) groups excluding carboxylic acids is 2. The largest absolute Gasteiger partial charge is 0.452 e. The highest BCUT2D eigenvalue weighted by atomic mass is 79.9. The molecule has 0 atom stereocenters. The van der Waals surface area contributed by atoms with Gasteiger partial charge in [0.25, 0.3) is 11.6 Å². The average Bonchev–Trinajstić information content (AvgIpc) is 2.56. The summed E-state index contributed by atoms with van der Waals surface area (Å²) in [5.74, 6) is -2.56. The third kappa shape index (κ3) is 4.97. The molecule has 2 aromatic rings. The zero-order valence-electron chi connectivity index (χ0n) is 12.3. The lowest BCUT2D eigenvalue weighted by molar-refractivity contribution is -0.384. The van der Waals surface area contributed by atoms with E-state index in [1.807, 2.05) is 0 Å². The summed E-state index contributed by atoms with van der Waals surface area (Å²) >= 11 is 8.76. The van der Waals surface area contributed by atoms with Crippen LogP contribution in [0.3, 0.4) is 0 Å². The molecule has 0 spiro atoms. The van der Waals surface area contributed by atoms with Crippen LogP contribution < -0.4 is 5.32 Å².